The van der Waals surface area contributed by atoms with Crippen molar-refractivity contribution < 1.29 is 14.3 Å². The molecule has 0 bridgehead atoms. The van der Waals surface area contributed by atoms with Crippen molar-refractivity contribution in [1.29, 1.82) is 0 Å². The molecule has 1 aromatic heterocycles. The molecule has 1 aliphatic carbocycles. The van der Waals surface area contributed by atoms with Crippen LogP contribution in [0.2, 0.25) is 0 Å². The lowest BCUT2D eigenvalue weighted by atomic mass is 9.79. The van der Waals surface area contributed by atoms with Gasteiger partial charge in [-0.2, -0.15) is 0 Å². The van der Waals surface area contributed by atoms with Gasteiger partial charge < -0.3 is 14.1 Å². The summed E-state index contributed by atoms with van der Waals surface area (Å²) in [5, 5.41) is 0.954. The highest BCUT2D eigenvalue weighted by Gasteiger charge is 2.29. The van der Waals surface area contributed by atoms with Gasteiger partial charge in [0.25, 0.3) is 0 Å². The van der Waals surface area contributed by atoms with Crippen LogP contribution in [0.5, 0.6) is 0 Å². The first kappa shape index (κ1) is 16.7. The molecule has 0 aliphatic heterocycles. The molecule has 1 fully saturated rings. The van der Waals surface area contributed by atoms with Gasteiger partial charge in [0.1, 0.15) is 6.29 Å². The quantitative estimate of drug-likeness (QED) is 0.621. The van der Waals surface area contributed by atoms with Crippen molar-refractivity contribution in [3.63, 3.8) is 0 Å². The van der Waals surface area contributed by atoms with Gasteiger partial charge in [0.05, 0.1) is 12.7 Å². The molecule has 0 amide bonds. The van der Waals surface area contributed by atoms with Crippen molar-refractivity contribution in [3.8, 4) is 0 Å². The van der Waals surface area contributed by atoms with Crippen LogP contribution in [0.3, 0.4) is 0 Å². The smallest absolute Gasteiger partial charge is 0.340 e. The number of ether oxygens (including phenoxy) is 1. The van der Waals surface area contributed by atoms with Gasteiger partial charge in [0, 0.05) is 28.6 Å². The van der Waals surface area contributed by atoms with E-state index in [1.54, 1.807) is 0 Å². The second kappa shape index (κ2) is 6.80. The third-order valence-electron chi connectivity index (χ3n) is 5.64. The third-order valence-corrected chi connectivity index (χ3v) is 5.64. The molecule has 1 aromatic carbocycles. The molecule has 1 saturated carbocycles. The molecule has 1 aliphatic rings. The second-order valence-corrected chi connectivity index (χ2v) is 6.89. The van der Waals surface area contributed by atoms with E-state index in [0.29, 0.717) is 17.5 Å². The number of esters is 1. The Hall–Kier alpha value is -2.10. The summed E-state index contributed by atoms with van der Waals surface area (Å²) in [7, 11) is 1.43. The Bertz CT molecular complexity index is 754. The maximum absolute atomic E-state index is 12.3. The van der Waals surface area contributed by atoms with E-state index in [1.807, 2.05) is 25.1 Å². The fourth-order valence-corrected chi connectivity index (χ4v) is 4.25. The summed E-state index contributed by atoms with van der Waals surface area (Å²) in [4.78, 5) is 23.3. The standard InChI is InChI=1S/C20H25NO3/c1-13(16-10-8-15(12-22)9-11-16)21-14(2)19(20(23)24-3)17-6-4-5-7-18(17)21/h4-7,12-13,15-16H,8-11H2,1-3H3/t13-,15?,16?/m1/s1. The van der Waals surface area contributed by atoms with Crippen molar-refractivity contribution >= 4 is 23.2 Å². The summed E-state index contributed by atoms with van der Waals surface area (Å²) in [5.41, 5.74) is 2.72. The highest BCUT2D eigenvalue weighted by Crippen LogP contribution is 2.38. The van der Waals surface area contributed by atoms with Crippen LogP contribution in [-0.4, -0.2) is 23.9 Å². The van der Waals surface area contributed by atoms with Gasteiger partial charge >= 0.3 is 5.97 Å². The molecule has 1 heterocycles. The molecule has 2 aromatic rings. The number of fused-ring (bicyclic) bond motifs is 1. The molecule has 1 atom stereocenters. The maximum Gasteiger partial charge on any atom is 0.340 e. The molecule has 0 spiro atoms. The summed E-state index contributed by atoms with van der Waals surface area (Å²) >= 11 is 0. The molecule has 4 heteroatoms. The number of aromatic nitrogens is 1. The second-order valence-electron chi connectivity index (χ2n) is 6.89. The average molecular weight is 327 g/mol. The van der Waals surface area contributed by atoms with Gasteiger partial charge in [-0.3, -0.25) is 0 Å². The molecule has 0 unspecified atom stereocenters. The highest BCUT2D eigenvalue weighted by atomic mass is 16.5. The number of aldehydes is 1. The summed E-state index contributed by atoms with van der Waals surface area (Å²) in [5.74, 6) is 0.474. The van der Waals surface area contributed by atoms with Gasteiger partial charge in [-0.15, -0.1) is 0 Å². The first-order valence-electron chi connectivity index (χ1n) is 8.71. The SMILES string of the molecule is COC(=O)c1c(C)n([C@H](C)C2CCC(C=O)CC2)c2ccccc12. The minimum absolute atomic E-state index is 0.224. The summed E-state index contributed by atoms with van der Waals surface area (Å²) in [6.45, 7) is 4.23. The van der Waals surface area contributed by atoms with Crippen LogP contribution in [0.4, 0.5) is 0 Å². The molecule has 0 N–H and O–H groups in total. The third kappa shape index (κ3) is 2.74. The average Bonchev–Trinajstić information content (AvgIpc) is 2.92. The normalized spacial score (nSPS) is 22.3. The topological polar surface area (TPSA) is 48.3 Å². The molecular formula is C20H25NO3. The summed E-state index contributed by atoms with van der Waals surface area (Å²) in [6.07, 6.45) is 5.17. The van der Waals surface area contributed by atoms with E-state index in [-0.39, 0.29) is 11.9 Å². The Morgan fingerprint density at radius 3 is 2.54 bits per heavy atom. The number of hydrogen-bond acceptors (Lipinski definition) is 3. The van der Waals surface area contributed by atoms with Crippen LogP contribution in [0.25, 0.3) is 10.9 Å². The van der Waals surface area contributed by atoms with Crippen LogP contribution in [0.1, 0.15) is 54.7 Å². The number of para-hydroxylation sites is 1. The van der Waals surface area contributed by atoms with E-state index in [9.17, 15) is 9.59 Å². The van der Waals surface area contributed by atoms with Gasteiger partial charge in [0.2, 0.25) is 0 Å². The number of benzene rings is 1. The fraction of sp³-hybridized carbons (Fsp3) is 0.500. The van der Waals surface area contributed by atoms with Crippen molar-refractivity contribution in [2.24, 2.45) is 11.8 Å². The molecule has 128 valence electrons. The zero-order valence-corrected chi connectivity index (χ0v) is 14.6. The zero-order chi connectivity index (χ0) is 17.3. The largest absolute Gasteiger partial charge is 0.465 e. The summed E-state index contributed by atoms with van der Waals surface area (Å²) < 4.78 is 7.29. The lowest BCUT2D eigenvalue weighted by molar-refractivity contribution is -0.112. The van der Waals surface area contributed by atoms with Crippen molar-refractivity contribution in [2.45, 2.75) is 45.6 Å². The predicted molar refractivity (Wildman–Crippen MR) is 94.2 cm³/mol. The van der Waals surface area contributed by atoms with Crippen LogP contribution < -0.4 is 0 Å². The van der Waals surface area contributed by atoms with E-state index >= 15 is 0 Å². The van der Waals surface area contributed by atoms with Crippen molar-refractivity contribution in [3.05, 3.63) is 35.5 Å². The Labute approximate surface area is 142 Å². The van der Waals surface area contributed by atoms with Crippen molar-refractivity contribution in [2.75, 3.05) is 7.11 Å². The first-order valence-corrected chi connectivity index (χ1v) is 8.71. The van der Waals surface area contributed by atoms with E-state index in [2.05, 4.69) is 17.6 Å². The van der Waals surface area contributed by atoms with Crippen LogP contribution in [-0.2, 0) is 9.53 Å². The molecule has 24 heavy (non-hydrogen) atoms. The first-order chi connectivity index (χ1) is 11.6. The van der Waals surface area contributed by atoms with Crippen LogP contribution in [0.15, 0.2) is 24.3 Å². The monoisotopic (exact) mass is 327 g/mol. The molecule has 0 saturated heterocycles. The fourth-order valence-electron chi connectivity index (χ4n) is 4.25. The van der Waals surface area contributed by atoms with Crippen LogP contribution in [0, 0.1) is 18.8 Å². The number of hydrogen-bond donors (Lipinski definition) is 0. The lowest BCUT2D eigenvalue weighted by Gasteiger charge is -2.32. The Kier molecular flexibility index (Phi) is 4.74. The van der Waals surface area contributed by atoms with Gasteiger partial charge in [-0.05, 0) is 51.5 Å². The molecule has 3 rings (SSSR count). The van der Waals surface area contributed by atoms with Gasteiger partial charge in [-0.1, -0.05) is 18.2 Å². The number of nitrogens with zero attached hydrogens (tertiary/aromatic N) is 1. The Morgan fingerprint density at radius 1 is 1.25 bits per heavy atom. The summed E-state index contributed by atoms with van der Waals surface area (Å²) in [6, 6.07) is 8.32. The minimum Gasteiger partial charge on any atom is -0.465 e. The number of carbonyl (C=O) groups is 2. The van der Waals surface area contributed by atoms with Crippen molar-refractivity contribution in [1.82, 2.24) is 4.57 Å². The van der Waals surface area contributed by atoms with E-state index < -0.39 is 0 Å². The Balaban J connectivity index is 2.01. The predicted octanol–water partition coefficient (Wildman–Crippen LogP) is 4.30. The van der Waals surface area contributed by atoms with E-state index in [1.165, 1.54) is 7.11 Å². The lowest BCUT2D eigenvalue weighted by Crippen LogP contribution is -2.24. The number of carbonyl (C=O) groups excluding carboxylic acids is 2. The van der Waals surface area contributed by atoms with E-state index in [4.69, 9.17) is 4.74 Å². The van der Waals surface area contributed by atoms with Gasteiger partial charge in [-0.25, -0.2) is 4.79 Å². The highest BCUT2D eigenvalue weighted by molar-refractivity contribution is 6.05. The van der Waals surface area contributed by atoms with Crippen LogP contribution >= 0.6 is 0 Å². The van der Waals surface area contributed by atoms with Gasteiger partial charge in [0.15, 0.2) is 0 Å². The zero-order valence-electron chi connectivity index (χ0n) is 14.6. The molecular weight excluding hydrogens is 302 g/mol. The molecule has 0 radical (unpaired) electrons. The maximum atomic E-state index is 12.3. The molecule has 4 nitrogen and oxygen atoms in total. The number of rotatable bonds is 4. The Morgan fingerprint density at radius 2 is 1.92 bits per heavy atom. The minimum atomic E-state index is -0.278. The van der Waals surface area contributed by atoms with E-state index in [0.717, 1.165) is 48.6 Å². The number of methoxy groups -OCH3 is 1.